The van der Waals surface area contributed by atoms with Crippen molar-refractivity contribution in [3.8, 4) is 0 Å². The normalized spacial score (nSPS) is 21.4. The second-order valence-electron chi connectivity index (χ2n) is 5.13. The molecule has 1 N–H and O–H groups in total. The fourth-order valence-electron chi connectivity index (χ4n) is 2.48. The summed E-state index contributed by atoms with van der Waals surface area (Å²) in [6, 6.07) is 0.649. The van der Waals surface area contributed by atoms with Crippen LogP contribution in [0.15, 0.2) is 0 Å². The molecule has 0 saturated carbocycles. The Morgan fingerprint density at radius 3 is 2.59 bits per heavy atom. The van der Waals surface area contributed by atoms with E-state index in [1.165, 1.54) is 25.7 Å². The molecule has 0 spiro atoms. The Bertz CT molecular complexity index is 181. The molecule has 0 bridgehead atoms. The number of rotatable bonds is 8. The Balaban J connectivity index is 2.35. The number of hydrogen-bond donors (Lipinski definition) is 1. The molecule has 1 aliphatic heterocycles. The smallest absolute Gasteiger partial charge is 0.0543 e. The lowest BCUT2D eigenvalue weighted by molar-refractivity contribution is 0.0478. The predicted molar refractivity (Wildman–Crippen MR) is 71.3 cm³/mol. The maximum atomic E-state index is 5.45. The van der Waals surface area contributed by atoms with E-state index in [9.17, 15) is 0 Å². The van der Waals surface area contributed by atoms with Gasteiger partial charge in [0.2, 0.25) is 0 Å². The highest BCUT2D eigenvalue weighted by atomic mass is 16.5. The molecule has 3 nitrogen and oxygen atoms in total. The highest BCUT2D eigenvalue weighted by molar-refractivity contribution is 4.79. The Labute approximate surface area is 106 Å². The molecule has 1 fully saturated rings. The zero-order valence-electron chi connectivity index (χ0n) is 11.7. The van der Waals surface area contributed by atoms with Gasteiger partial charge in [0.15, 0.2) is 0 Å². The van der Waals surface area contributed by atoms with Gasteiger partial charge >= 0.3 is 0 Å². The third-order valence-electron chi connectivity index (χ3n) is 3.78. The van der Waals surface area contributed by atoms with Gasteiger partial charge in [-0.3, -0.25) is 0 Å². The van der Waals surface area contributed by atoms with Gasteiger partial charge in [-0.25, -0.2) is 0 Å². The van der Waals surface area contributed by atoms with Crippen LogP contribution in [-0.2, 0) is 9.47 Å². The number of ether oxygens (including phenoxy) is 2. The van der Waals surface area contributed by atoms with Gasteiger partial charge < -0.3 is 14.8 Å². The minimum absolute atomic E-state index is 0.376. The highest BCUT2D eigenvalue weighted by Gasteiger charge is 2.23. The first-order valence-electron chi connectivity index (χ1n) is 7.11. The summed E-state index contributed by atoms with van der Waals surface area (Å²) in [5, 5.41) is 3.71. The van der Waals surface area contributed by atoms with Gasteiger partial charge in [0.05, 0.1) is 6.10 Å². The minimum atomic E-state index is 0.376. The molecule has 102 valence electrons. The van der Waals surface area contributed by atoms with Crippen molar-refractivity contribution in [1.29, 1.82) is 0 Å². The van der Waals surface area contributed by atoms with E-state index in [2.05, 4.69) is 19.2 Å². The number of hydrogen-bond acceptors (Lipinski definition) is 3. The predicted octanol–water partition coefficient (Wildman–Crippen LogP) is 2.60. The van der Waals surface area contributed by atoms with Crippen molar-refractivity contribution in [3.05, 3.63) is 0 Å². The van der Waals surface area contributed by atoms with Crippen LogP contribution in [0.1, 0.15) is 46.0 Å². The zero-order chi connectivity index (χ0) is 12.5. The summed E-state index contributed by atoms with van der Waals surface area (Å²) in [6.45, 7) is 7.39. The molecular weight excluding hydrogens is 214 g/mol. The van der Waals surface area contributed by atoms with Crippen molar-refractivity contribution in [1.82, 2.24) is 5.32 Å². The summed E-state index contributed by atoms with van der Waals surface area (Å²) in [5.74, 6) is 0.791. The van der Waals surface area contributed by atoms with E-state index in [4.69, 9.17) is 9.47 Å². The van der Waals surface area contributed by atoms with Gasteiger partial charge in [-0.1, -0.05) is 6.92 Å². The quantitative estimate of drug-likeness (QED) is 0.711. The Morgan fingerprint density at radius 1 is 1.29 bits per heavy atom. The van der Waals surface area contributed by atoms with Crippen LogP contribution in [0.3, 0.4) is 0 Å². The molecule has 0 radical (unpaired) electrons. The van der Waals surface area contributed by atoms with Gasteiger partial charge in [0, 0.05) is 26.4 Å². The molecule has 0 aromatic carbocycles. The molecule has 1 heterocycles. The standard InChI is InChI=1S/C14H29NO2/c1-4-9-15-14(6-5-12(2)16-3)13-7-10-17-11-8-13/h12-15H,4-11H2,1-3H3. The van der Waals surface area contributed by atoms with Crippen LogP contribution < -0.4 is 5.32 Å². The van der Waals surface area contributed by atoms with E-state index >= 15 is 0 Å². The molecule has 0 aliphatic carbocycles. The second-order valence-corrected chi connectivity index (χ2v) is 5.13. The Morgan fingerprint density at radius 2 is 2.00 bits per heavy atom. The minimum Gasteiger partial charge on any atom is -0.382 e. The van der Waals surface area contributed by atoms with Gasteiger partial charge in [-0.05, 0) is 51.5 Å². The van der Waals surface area contributed by atoms with Crippen molar-refractivity contribution >= 4 is 0 Å². The first-order chi connectivity index (χ1) is 8.27. The molecule has 0 aromatic rings. The highest BCUT2D eigenvalue weighted by Crippen LogP contribution is 2.22. The number of methoxy groups -OCH3 is 1. The van der Waals surface area contributed by atoms with E-state index in [-0.39, 0.29) is 0 Å². The van der Waals surface area contributed by atoms with Gasteiger partial charge in [0.1, 0.15) is 0 Å². The average Bonchev–Trinajstić information content (AvgIpc) is 2.39. The van der Waals surface area contributed by atoms with Gasteiger partial charge in [0.25, 0.3) is 0 Å². The van der Waals surface area contributed by atoms with Crippen LogP contribution >= 0.6 is 0 Å². The summed E-state index contributed by atoms with van der Waals surface area (Å²) in [5.41, 5.74) is 0. The third-order valence-corrected chi connectivity index (χ3v) is 3.78. The Hall–Kier alpha value is -0.120. The lowest BCUT2D eigenvalue weighted by Gasteiger charge is -2.31. The van der Waals surface area contributed by atoms with E-state index < -0.39 is 0 Å². The van der Waals surface area contributed by atoms with Crippen LogP contribution in [0.2, 0.25) is 0 Å². The van der Waals surface area contributed by atoms with Crippen molar-refractivity contribution in [2.75, 3.05) is 26.9 Å². The van der Waals surface area contributed by atoms with Crippen LogP contribution in [0.5, 0.6) is 0 Å². The third kappa shape index (κ3) is 5.84. The van der Waals surface area contributed by atoms with E-state index in [1.807, 2.05) is 0 Å². The molecule has 0 amide bonds. The topological polar surface area (TPSA) is 30.5 Å². The van der Waals surface area contributed by atoms with E-state index in [0.29, 0.717) is 12.1 Å². The lowest BCUT2D eigenvalue weighted by atomic mass is 9.88. The molecule has 3 heteroatoms. The van der Waals surface area contributed by atoms with Crippen LogP contribution in [0.25, 0.3) is 0 Å². The largest absolute Gasteiger partial charge is 0.382 e. The molecule has 2 unspecified atom stereocenters. The summed E-state index contributed by atoms with van der Waals surface area (Å²) in [6.07, 6.45) is 6.38. The summed E-state index contributed by atoms with van der Waals surface area (Å²) in [7, 11) is 1.80. The SMILES string of the molecule is CCCNC(CCC(C)OC)C1CCOCC1. The lowest BCUT2D eigenvalue weighted by Crippen LogP contribution is -2.40. The summed E-state index contributed by atoms with van der Waals surface area (Å²) in [4.78, 5) is 0. The molecule has 1 aliphatic rings. The van der Waals surface area contributed by atoms with Gasteiger partial charge in [-0.2, -0.15) is 0 Å². The average molecular weight is 243 g/mol. The van der Waals surface area contributed by atoms with Crippen molar-refractivity contribution in [3.63, 3.8) is 0 Å². The maximum absolute atomic E-state index is 5.45. The number of nitrogens with one attached hydrogen (secondary N) is 1. The fraction of sp³-hybridized carbons (Fsp3) is 1.00. The first-order valence-corrected chi connectivity index (χ1v) is 7.11. The molecule has 1 saturated heterocycles. The van der Waals surface area contributed by atoms with Crippen molar-refractivity contribution < 1.29 is 9.47 Å². The zero-order valence-corrected chi connectivity index (χ0v) is 11.7. The Kier molecular flexibility index (Phi) is 7.82. The molecule has 0 aromatic heterocycles. The first kappa shape index (κ1) is 14.9. The van der Waals surface area contributed by atoms with E-state index in [1.54, 1.807) is 7.11 Å². The van der Waals surface area contributed by atoms with Crippen LogP contribution in [0, 0.1) is 5.92 Å². The van der Waals surface area contributed by atoms with Crippen molar-refractivity contribution in [2.45, 2.75) is 58.1 Å². The summed E-state index contributed by atoms with van der Waals surface area (Å²) < 4.78 is 10.8. The second kappa shape index (κ2) is 8.90. The maximum Gasteiger partial charge on any atom is 0.0543 e. The fourth-order valence-corrected chi connectivity index (χ4v) is 2.48. The van der Waals surface area contributed by atoms with Crippen LogP contribution in [-0.4, -0.2) is 39.0 Å². The van der Waals surface area contributed by atoms with Crippen LogP contribution in [0.4, 0.5) is 0 Å². The molecule has 17 heavy (non-hydrogen) atoms. The van der Waals surface area contributed by atoms with E-state index in [0.717, 1.165) is 32.1 Å². The van der Waals surface area contributed by atoms with Crippen molar-refractivity contribution in [2.24, 2.45) is 5.92 Å². The summed E-state index contributed by atoms with van der Waals surface area (Å²) >= 11 is 0. The molecular formula is C14H29NO2. The van der Waals surface area contributed by atoms with Gasteiger partial charge in [-0.15, -0.1) is 0 Å². The monoisotopic (exact) mass is 243 g/mol. The molecule has 2 atom stereocenters. The molecule has 1 rings (SSSR count).